The van der Waals surface area contributed by atoms with E-state index in [2.05, 4.69) is 9.97 Å². The van der Waals surface area contributed by atoms with Gasteiger partial charge in [0, 0.05) is 12.4 Å². The molecule has 0 fully saturated rings. The molecule has 13 heavy (non-hydrogen) atoms. The van der Waals surface area contributed by atoms with Gasteiger partial charge in [0.15, 0.2) is 0 Å². The molecule has 2 aromatic rings. The van der Waals surface area contributed by atoms with Crippen LogP contribution in [0, 0.1) is 0 Å². The van der Waals surface area contributed by atoms with Crippen LogP contribution < -0.4 is 5.73 Å². The fourth-order valence-corrected chi connectivity index (χ4v) is 1.22. The van der Waals surface area contributed by atoms with Crippen LogP contribution in [-0.2, 0) is 0 Å². The number of anilines is 1. The molecule has 66 valence electrons. The maximum atomic E-state index is 10.7. The molecule has 0 aromatic carbocycles. The molecule has 0 saturated heterocycles. The van der Waals surface area contributed by atoms with E-state index in [-0.39, 0.29) is 5.56 Å². The third kappa shape index (κ3) is 1.01. The highest BCUT2D eigenvalue weighted by atomic mass is 16.4. The van der Waals surface area contributed by atoms with Gasteiger partial charge in [0.2, 0.25) is 0 Å². The maximum absolute atomic E-state index is 10.7. The number of carbonyl (C=O) groups is 1. The van der Waals surface area contributed by atoms with Gasteiger partial charge in [0.1, 0.15) is 5.52 Å². The van der Waals surface area contributed by atoms with E-state index >= 15 is 0 Å². The summed E-state index contributed by atoms with van der Waals surface area (Å²) in [6.07, 6.45) is 2.96. The highest BCUT2D eigenvalue weighted by molar-refractivity contribution is 6.03. The molecule has 2 aromatic heterocycles. The van der Waals surface area contributed by atoms with Crippen LogP contribution in [0.5, 0.6) is 0 Å². The van der Waals surface area contributed by atoms with E-state index in [0.717, 1.165) is 0 Å². The molecule has 0 unspecified atom stereocenters. The number of aromatic nitrogens is 2. The zero-order valence-corrected chi connectivity index (χ0v) is 6.61. The average molecular weight is 177 g/mol. The number of carboxylic acid groups (broad SMARTS) is 1. The molecule has 0 spiro atoms. The first-order valence-corrected chi connectivity index (χ1v) is 3.65. The summed E-state index contributed by atoms with van der Waals surface area (Å²) < 4.78 is 0. The SMILES string of the molecule is Nc1c[nH]c2c(C(=O)O)ccnc12. The van der Waals surface area contributed by atoms with E-state index in [0.29, 0.717) is 16.7 Å². The number of aromatic carboxylic acids is 1. The standard InChI is InChI=1S/C8H7N3O2/c9-5-3-11-6-4(8(12)13)1-2-10-7(5)6/h1-3,11H,9H2,(H,12,13). The molecule has 0 radical (unpaired) electrons. The lowest BCUT2D eigenvalue weighted by Crippen LogP contribution is -1.97. The summed E-state index contributed by atoms with van der Waals surface area (Å²) in [7, 11) is 0. The predicted molar refractivity (Wildman–Crippen MR) is 47.5 cm³/mol. The Bertz CT molecular complexity index is 475. The first-order chi connectivity index (χ1) is 6.20. The van der Waals surface area contributed by atoms with Crippen molar-refractivity contribution < 1.29 is 9.90 Å². The van der Waals surface area contributed by atoms with Gasteiger partial charge in [-0.15, -0.1) is 0 Å². The Balaban J connectivity index is 2.84. The van der Waals surface area contributed by atoms with Crippen LogP contribution in [-0.4, -0.2) is 21.0 Å². The molecular weight excluding hydrogens is 170 g/mol. The summed E-state index contributed by atoms with van der Waals surface area (Å²) in [4.78, 5) is 17.5. The van der Waals surface area contributed by atoms with Gasteiger partial charge >= 0.3 is 5.97 Å². The monoisotopic (exact) mass is 177 g/mol. The summed E-state index contributed by atoms with van der Waals surface area (Å²) in [5, 5.41) is 8.80. The molecule has 0 aliphatic heterocycles. The minimum Gasteiger partial charge on any atom is -0.478 e. The fourth-order valence-electron chi connectivity index (χ4n) is 1.22. The zero-order chi connectivity index (χ0) is 9.42. The number of nitrogen functional groups attached to an aromatic ring is 1. The van der Waals surface area contributed by atoms with E-state index in [4.69, 9.17) is 10.8 Å². The van der Waals surface area contributed by atoms with Crippen molar-refractivity contribution in [2.75, 3.05) is 5.73 Å². The number of fused-ring (bicyclic) bond motifs is 1. The number of hydrogen-bond donors (Lipinski definition) is 3. The topological polar surface area (TPSA) is 92.0 Å². The van der Waals surface area contributed by atoms with E-state index in [9.17, 15) is 4.79 Å². The Kier molecular flexibility index (Phi) is 1.45. The molecule has 0 amide bonds. The van der Waals surface area contributed by atoms with Crippen LogP contribution in [0.25, 0.3) is 11.0 Å². The second-order valence-corrected chi connectivity index (χ2v) is 2.63. The van der Waals surface area contributed by atoms with Gasteiger partial charge in [0.05, 0.1) is 16.8 Å². The van der Waals surface area contributed by atoms with E-state index in [1.165, 1.54) is 18.5 Å². The lowest BCUT2D eigenvalue weighted by Gasteiger charge is -1.95. The summed E-state index contributed by atoms with van der Waals surface area (Å²) in [6, 6.07) is 1.43. The van der Waals surface area contributed by atoms with Crippen LogP contribution in [0.15, 0.2) is 18.5 Å². The number of H-pyrrole nitrogens is 1. The third-order valence-electron chi connectivity index (χ3n) is 1.83. The molecule has 5 nitrogen and oxygen atoms in total. The van der Waals surface area contributed by atoms with Crippen molar-refractivity contribution in [1.29, 1.82) is 0 Å². The highest BCUT2D eigenvalue weighted by Crippen LogP contribution is 2.20. The number of pyridine rings is 1. The van der Waals surface area contributed by atoms with E-state index in [1.807, 2.05) is 0 Å². The Morgan fingerprint density at radius 2 is 2.38 bits per heavy atom. The number of aromatic amines is 1. The van der Waals surface area contributed by atoms with Crippen LogP contribution in [0.3, 0.4) is 0 Å². The average Bonchev–Trinajstić information content (AvgIpc) is 2.48. The Morgan fingerprint density at radius 3 is 3.08 bits per heavy atom. The molecule has 2 rings (SSSR count). The van der Waals surface area contributed by atoms with Crippen molar-refractivity contribution in [2.24, 2.45) is 0 Å². The van der Waals surface area contributed by atoms with Crippen molar-refractivity contribution >= 4 is 22.7 Å². The quantitative estimate of drug-likeness (QED) is 0.601. The van der Waals surface area contributed by atoms with Crippen LogP contribution >= 0.6 is 0 Å². The second-order valence-electron chi connectivity index (χ2n) is 2.63. The third-order valence-corrected chi connectivity index (χ3v) is 1.83. The molecule has 2 heterocycles. The molecule has 0 aliphatic carbocycles. The predicted octanol–water partition coefficient (Wildman–Crippen LogP) is 0.843. The Morgan fingerprint density at radius 1 is 1.62 bits per heavy atom. The number of carboxylic acids is 1. The van der Waals surface area contributed by atoms with E-state index < -0.39 is 5.97 Å². The second kappa shape index (κ2) is 2.48. The first-order valence-electron chi connectivity index (χ1n) is 3.65. The van der Waals surface area contributed by atoms with Crippen molar-refractivity contribution in [3.63, 3.8) is 0 Å². The van der Waals surface area contributed by atoms with Crippen molar-refractivity contribution in [3.05, 3.63) is 24.0 Å². The number of hydrogen-bond acceptors (Lipinski definition) is 3. The summed E-state index contributed by atoms with van der Waals surface area (Å²) in [5.41, 5.74) is 7.16. The van der Waals surface area contributed by atoms with Gasteiger partial charge in [-0.2, -0.15) is 0 Å². The van der Waals surface area contributed by atoms with Crippen LogP contribution in [0.4, 0.5) is 5.69 Å². The minimum absolute atomic E-state index is 0.182. The Hall–Kier alpha value is -2.04. The molecule has 0 atom stereocenters. The number of rotatable bonds is 1. The normalized spacial score (nSPS) is 10.5. The van der Waals surface area contributed by atoms with Gasteiger partial charge < -0.3 is 15.8 Å². The van der Waals surface area contributed by atoms with Crippen molar-refractivity contribution in [3.8, 4) is 0 Å². The fraction of sp³-hybridized carbons (Fsp3) is 0. The van der Waals surface area contributed by atoms with Crippen LogP contribution in [0.2, 0.25) is 0 Å². The minimum atomic E-state index is -0.991. The molecule has 0 saturated carbocycles. The first kappa shape index (κ1) is 7.60. The molecular formula is C8H7N3O2. The van der Waals surface area contributed by atoms with Gasteiger partial charge in [-0.25, -0.2) is 4.79 Å². The molecule has 0 bridgehead atoms. The molecule has 4 N–H and O–H groups in total. The summed E-state index contributed by atoms with van der Waals surface area (Å²) in [6.45, 7) is 0. The lowest BCUT2D eigenvalue weighted by atomic mass is 10.2. The Labute approximate surface area is 73.2 Å². The molecule has 0 aliphatic rings. The van der Waals surface area contributed by atoms with Gasteiger partial charge in [-0.05, 0) is 6.07 Å². The summed E-state index contributed by atoms with van der Waals surface area (Å²) in [5.74, 6) is -0.991. The summed E-state index contributed by atoms with van der Waals surface area (Å²) >= 11 is 0. The smallest absolute Gasteiger partial charge is 0.337 e. The highest BCUT2D eigenvalue weighted by Gasteiger charge is 2.11. The number of nitrogens with two attached hydrogens (primary N) is 1. The van der Waals surface area contributed by atoms with Gasteiger partial charge in [-0.1, -0.05) is 0 Å². The lowest BCUT2D eigenvalue weighted by molar-refractivity contribution is 0.0699. The van der Waals surface area contributed by atoms with Gasteiger partial charge in [0.25, 0.3) is 0 Å². The number of nitrogens with zero attached hydrogens (tertiary/aromatic N) is 1. The van der Waals surface area contributed by atoms with Crippen LogP contribution in [0.1, 0.15) is 10.4 Å². The van der Waals surface area contributed by atoms with Gasteiger partial charge in [-0.3, -0.25) is 4.98 Å². The van der Waals surface area contributed by atoms with E-state index in [1.54, 1.807) is 0 Å². The maximum Gasteiger partial charge on any atom is 0.337 e. The zero-order valence-electron chi connectivity index (χ0n) is 6.61. The van der Waals surface area contributed by atoms with Crippen molar-refractivity contribution in [2.45, 2.75) is 0 Å². The number of nitrogens with one attached hydrogen (secondary N) is 1. The largest absolute Gasteiger partial charge is 0.478 e. The molecule has 5 heteroatoms. The van der Waals surface area contributed by atoms with Crippen molar-refractivity contribution in [1.82, 2.24) is 9.97 Å².